The van der Waals surface area contributed by atoms with E-state index in [2.05, 4.69) is 10.2 Å². The molecule has 3 nitrogen and oxygen atoms in total. The first-order chi connectivity index (χ1) is 9.60. The summed E-state index contributed by atoms with van der Waals surface area (Å²) in [4.78, 5) is 14.2. The largest absolute Gasteiger partial charge is 0.325 e. The minimum atomic E-state index is -0.234. The minimum absolute atomic E-state index is 0.0115. The van der Waals surface area contributed by atoms with Gasteiger partial charge in [-0.2, -0.15) is 0 Å². The van der Waals surface area contributed by atoms with Crippen molar-refractivity contribution in [2.75, 3.05) is 31.6 Å². The number of nitrogens with one attached hydrogen (secondary N) is 1. The molecule has 0 saturated carbocycles. The molecule has 1 aromatic rings. The van der Waals surface area contributed by atoms with Crippen molar-refractivity contribution in [3.63, 3.8) is 0 Å². The second kappa shape index (κ2) is 6.84. The fraction of sp³-hybridized carbons (Fsp3) is 0.562. The van der Waals surface area contributed by atoms with Gasteiger partial charge in [0.25, 0.3) is 0 Å². The van der Waals surface area contributed by atoms with Crippen molar-refractivity contribution < 1.29 is 9.18 Å². The maximum atomic E-state index is 12.5. The molecular weight excluding hydrogens is 255 g/mol. The van der Waals surface area contributed by atoms with E-state index in [0.717, 1.165) is 37.2 Å². The van der Waals surface area contributed by atoms with E-state index < -0.39 is 0 Å². The van der Waals surface area contributed by atoms with Crippen LogP contribution in [-0.2, 0) is 4.79 Å². The van der Waals surface area contributed by atoms with Gasteiger partial charge in [-0.25, -0.2) is 0 Å². The summed E-state index contributed by atoms with van der Waals surface area (Å²) < 4.78 is 12.5. The number of amides is 1. The Balaban J connectivity index is 1.85. The molecule has 4 heteroatoms. The molecule has 1 aliphatic rings. The van der Waals surface area contributed by atoms with Gasteiger partial charge in [0.1, 0.15) is 0 Å². The zero-order chi connectivity index (χ0) is 14.5. The molecule has 0 aliphatic carbocycles. The van der Waals surface area contributed by atoms with E-state index in [1.54, 1.807) is 0 Å². The predicted molar refractivity (Wildman–Crippen MR) is 79.7 cm³/mol. The number of benzene rings is 1. The van der Waals surface area contributed by atoms with Crippen molar-refractivity contribution in [2.24, 2.45) is 5.92 Å². The second-order valence-electron chi connectivity index (χ2n) is 5.67. The third kappa shape index (κ3) is 3.79. The number of hydrogen-bond donors (Lipinski definition) is 1. The van der Waals surface area contributed by atoms with Crippen LogP contribution in [0.15, 0.2) is 18.2 Å². The quantitative estimate of drug-likeness (QED) is 0.918. The zero-order valence-corrected chi connectivity index (χ0v) is 12.3. The molecule has 1 heterocycles. The number of likely N-dealkylation sites (tertiary alicyclic amines) is 1. The van der Waals surface area contributed by atoms with Crippen molar-refractivity contribution in [2.45, 2.75) is 26.7 Å². The Kier molecular flexibility index (Phi) is 5.12. The Hall–Kier alpha value is -1.42. The van der Waals surface area contributed by atoms with Gasteiger partial charge in [0.05, 0.1) is 13.2 Å². The fourth-order valence-corrected chi connectivity index (χ4v) is 2.58. The van der Waals surface area contributed by atoms with Crippen LogP contribution in [0.2, 0.25) is 0 Å². The van der Waals surface area contributed by atoms with Crippen molar-refractivity contribution in [1.29, 1.82) is 0 Å². The number of nitrogens with zero attached hydrogens (tertiary/aromatic N) is 1. The van der Waals surface area contributed by atoms with Gasteiger partial charge in [0, 0.05) is 5.69 Å². The first kappa shape index (κ1) is 15.0. The van der Waals surface area contributed by atoms with E-state index in [4.69, 9.17) is 0 Å². The molecule has 0 atom stereocenters. The molecule has 1 aromatic carbocycles. The highest BCUT2D eigenvalue weighted by Crippen LogP contribution is 2.19. The molecule has 2 rings (SSSR count). The molecule has 0 aromatic heterocycles. The van der Waals surface area contributed by atoms with Crippen molar-refractivity contribution in [3.05, 3.63) is 29.3 Å². The number of carbonyl (C=O) groups is 1. The fourth-order valence-electron chi connectivity index (χ4n) is 2.58. The molecule has 1 aliphatic heterocycles. The van der Waals surface area contributed by atoms with Crippen LogP contribution in [0.4, 0.5) is 10.1 Å². The minimum Gasteiger partial charge on any atom is -0.325 e. The number of carbonyl (C=O) groups excluding carboxylic acids is 1. The Morgan fingerprint density at radius 1 is 1.35 bits per heavy atom. The van der Waals surface area contributed by atoms with Crippen LogP contribution in [0.3, 0.4) is 0 Å². The average molecular weight is 278 g/mol. The van der Waals surface area contributed by atoms with Gasteiger partial charge in [-0.3, -0.25) is 14.1 Å². The second-order valence-corrected chi connectivity index (χ2v) is 5.67. The van der Waals surface area contributed by atoms with Crippen LogP contribution in [-0.4, -0.2) is 37.1 Å². The Labute approximate surface area is 120 Å². The average Bonchev–Trinajstić information content (AvgIpc) is 2.45. The van der Waals surface area contributed by atoms with E-state index in [9.17, 15) is 9.18 Å². The summed E-state index contributed by atoms with van der Waals surface area (Å²) in [5.74, 6) is 0.200. The lowest BCUT2D eigenvalue weighted by Gasteiger charge is -2.30. The maximum Gasteiger partial charge on any atom is 0.238 e. The van der Waals surface area contributed by atoms with E-state index in [0.29, 0.717) is 6.54 Å². The monoisotopic (exact) mass is 278 g/mol. The topological polar surface area (TPSA) is 32.3 Å². The smallest absolute Gasteiger partial charge is 0.238 e. The number of piperidine rings is 1. The lowest BCUT2D eigenvalue weighted by atomic mass is 9.98. The summed E-state index contributed by atoms with van der Waals surface area (Å²) in [5.41, 5.74) is 3.16. The highest BCUT2D eigenvalue weighted by molar-refractivity contribution is 5.93. The normalized spacial score (nSPS) is 17.1. The van der Waals surface area contributed by atoms with Crippen LogP contribution in [0.5, 0.6) is 0 Å². The van der Waals surface area contributed by atoms with Crippen molar-refractivity contribution in [3.8, 4) is 0 Å². The van der Waals surface area contributed by atoms with Crippen LogP contribution in [0.25, 0.3) is 0 Å². The third-order valence-electron chi connectivity index (χ3n) is 4.17. The Morgan fingerprint density at radius 2 is 2.05 bits per heavy atom. The van der Waals surface area contributed by atoms with E-state index in [-0.39, 0.29) is 18.5 Å². The molecular formula is C16H23FN2O. The van der Waals surface area contributed by atoms with Crippen molar-refractivity contribution in [1.82, 2.24) is 4.90 Å². The van der Waals surface area contributed by atoms with Gasteiger partial charge in [-0.05, 0) is 62.9 Å². The van der Waals surface area contributed by atoms with E-state index in [1.165, 1.54) is 5.56 Å². The highest BCUT2D eigenvalue weighted by Gasteiger charge is 2.20. The van der Waals surface area contributed by atoms with Gasteiger partial charge in [-0.1, -0.05) is 12.1 Å². The van der Waals surface area contributed by atoms with E-state index in [1.807, 2.05) is 32.0 Å². The maximum absolute atomic E-state index is 12.5. The Morgan fingerprint density at radius 3 is 2.70 bits per heavy atom. The van der Waals surface area contributed by atoms with Gasteiger partial charge >= 0.3 is 0 Å². The van der Waals surface area contributed by atoms with Gasteiger partial charge in [0.15, 0.2) is 0 Å². The summed E-state index contributed by atoms with van der Waals surface area (Å²) in [5, 5.41) is 2.97. The SMILES string of the molecule is Cc1cccc(NC(=O)CN2CCC(CF)CC2)c1C. The lowest BCUT2D eigenvalue weighted by Crippen LogP contribution is -2.39. The van der Waals surface area contributed by atoms with Crippen LogP contribution in [0.1, 0.15) is 24.0 Å². The summed E-state index contributed by atoms with van der Waals surface area (Å²) in [7, 11) is 0. The number of anilines is 1. The number of alkyl halides is 1. The lowest BCUT2D eigenvalue weighted by molar-refractivity contribution is -0.117. The standard InChI is InChI=1S/C16H23FN2O/c1-12-4-3-5-15(13(12)2)18-16(20)11-19-8-6-14(10-17)7-9-19/h3-5,14H,6-11H2,1-2H3,(H,18,20). The number of aryl methyl sites for hydroxylation is 1. The molecule has 0 radical (unpaired) electrons. The zero-order valence-electron chi connectivity index (χ0n) is 12.3. The number of halogens is 1. The van der Waals surface area contributed by atoms with Crippen molar-refractivity contribution >= 4 is 11.6 Å². The molecule has 0 spiro atoms. The molecule has 1 saturated heterocycles. The van der Waals surface area contributed by atoms with Gasteiger partial charge in [0.2, 0.25) is 5.91 Å². The third-order valence-corrected chi connectivity index (χ3v) is 4.17. The molecule has 1 fully saturated rings. The number of rotatable bonds is 4. The highest BCUT2D eigenvalue weighted by atomic mass is 19.1. The molecule has 0 bridgehead atoms. The summed E-state index contributed by atoms with van der Waals surface area (Å²) in [6, 6.07) is 5.91. The van der Waals surface area contributed by atoms with Crippen LogP contribution < -0.4 is 5.32 Å². The molecule has 110 valence electrons. The predicted octanol–water partition coefficient (Wildman–Crippen LogP) is 2.92. The first-order valence-corrected chi connectivity index (χ1v) is 7.24. The van der Waals surface area contributed by atoms with Gasteiger partial charge < -0.3 is 5.32 Å². The molecule has 1 N–H and O–H groups in total. The molecule has 20 heavy (non-hydrogen) atoms. The first-order valence-electron chi connectivity index (χ1n) is 7.24. The summed E-state index contributed by atoms with van der Waals surface area (Å²) in [6.45, 7) is 5.84. The molecule has 0 unspecified atom stereocenters. The van der Waals surface area contributed by atoms with Crippen LogP contribution in [0, 0.1) is 19.8 Å². The summed E-state index contributed by atoms with van der Waals surface area (Å²) in [6.07, 6.45) is 1.71. The summed E-state index contributed by atoms with van der Waals surface area (Å²) >= 11 is 0. The Bertz CT molecular complexity index is 468. The molecule has 1 amide bonds. The number of hydrogen-bond acceptors (Lipinski definition) is 2. The van der Waals surface area contributed by atoms with E-state index >= 15 is 0 Å². The van der Waals surface area contributed by atoms with Crippen LogP contribution >= 0.6 is 0 Å². The van der Waals surface area contributed by atoms with Gasteiger partial charge in [-0.15, -0.1) is 0 Å².